The van der Waals surface area contributed by atoms with Gasteiger partial charge in [0.1, 0.15) is 0 Å². The summed E-state index contributed by atoms with van der Waals surface area (Å²) in [6.45, 7) is 14.7. The van der Waals surface area contributed by atoms with Crippen LogP contribution in [0.1, 0.15) is 41.0 Å². The molecule has 1 amide bonds. The molecule has 0 saturated carbocycles. The molecule has 3 atom stereocenters. The molecule has 1 N–H and O–H groups in total. The first-order valence-corrected chi connectivity index (χ1v) is 12.1. The minimum Gasteiger partial charge on any atom is -0.392 e. The van der Waals surface area contributed by atoms with E-state index in [1.54, 1.807) is 0 Å². The standard InChI is InChI=1S/C16H28Cl3NO3Si/c1-10-8-12(11(2)20-14(21)16(17,18)19)9-13(22-10)23-24(6,7)15(3,4)5/h8,10-11,13H,9H2,1-7H3,(H,20,21)/t10-,11+,13-/m1/s1. The lowest BCUT2D eigenvalue weighted by molar-refractivity contribution is -0.122. The van der Waals surface area contributed by atoms with Gasteiger partial charge in [-0.25, -0.2) is 0 Å². The SMILES string of the molecule is C[C@@H]1C=C([C@H](C)NC(=O)C(Cl)(Cl)Cl)C[C@@H](O[Si](C)(C)C(C)(C)C)O1. The summed E-state index contributed by atoms with van der Waals surface area (Å²) in [7, 11) is -1.95. The summed E-state index contributed by atoms with van der Waals surface area (Å²) in [6.07, 6.45) is 2.14. The van der Waals surface area contributed by atoms with Gasteiger partial charge in [-0.05, 0) is 37.6 Å². The monoisotopic (exact) mass is 415 g/mol. The molecule has 0 radical (unpaired) electrons. The van der Waals surface area contributed by atoms with Crippen LogP contribution in [0.5, 0.6) is 0 Å². The van der Waals surface area contributed by atoms with E-state index in [9.17, 15) is 4.79 Å². The second-order valence-electron chi connectivity index (χ2n) is 7.79. The lowest BCUT2D eigenvalue weighted by Gasteiger charge is -2.41. The molecule has 0 saturated heterocycles. The third-order valence-electron chi connectivity index (χ3n) is 4.61. The highest BCUT2D eigenvalue weighted by molar-refractivity contribution is 6.76. The number of carbonyl (C=O) groups excluding carboxylic acids is 1. The molecule has 0 spiro atoms. The molecule has 1 aliphatic heterocycles. The second kappa shape index (κ2) is 7.85. The van der Waals surface area contributed by atoms with Gasteiger partial charge in [0, 0.05) is 12.5 Å². The van der Waals surface area contributed by atoms with Gasteiger partial charge in [-0.15, -0.1) is 0 Å². The van der Waals surface area contributed by atoms with Gasteiger partial charge in [-0.3, -0.25) is 4.79 Å². The lowest BCUT2D eigenvalue weighted by atomic mass is 10.0. The molecule has 8 heteroatoms. The zero-order valence-corrected chi connectivity index (χ0v) is 18.6. The van der Waals surface area contributed by atoms with Crippen LogP contribution in [0.25, 0.3) is 0 Å². The van der Waals surface area contributed by atoms with E-state index in [4.69, 9.17) is 44.0 Å². The maximum atomic E-state index is 11.9. The number of hydrogen-bond acceptors (Lipinski definition) is 3. The summed E-state index contributed by atoms with van der Waals surface area (Å²) in [5, 5.41) is 2.81. The molecule has 0 unspecified atom stereocenters. The van der Waals surface area contributed by atoms with Crippen LogP contribution in [-0.2, 0) is 14.0 Å². The van der Waals surface area contributed by atoms with Gasteiger partial charge < -0.3 is 14.5 Å². The van der Waals surface area contributed by atoms with Gasteiger partial charge in [0.05, 0.1) is 6.10 Å². The highest BCUT2D eigenvalue weighted by Crippen LogP contribution is 2.39. The molecule has 1 rings (SSSR count). The minimum absolute atomic E-state index is 0.0935. The van der Waals surface area contributed by atoms with E-state index in [0.717, 1.165) is 5.57 Å². The summed E-state index contributed by atoms with van der Waals surface area (Å²) in [5.74, 6) is -0.637. The van der Waals surface area contributed by atoms with Crippen molar-refractivity contribution >= 4 is 49.0 Å². The van der Waals surface area contributed by atoms with E-state index >= 15 is 0 Å². The number of nitrogens with one attached hydrogen (secondary N) is 1. The number of carbonyl (C=O) groups is 1. The topological polar surface area (TPSA) is 47.6 Å². The molecule has 140 valence electrons. The Balaban J connectivity index is 2.80. The van der Waals surface area contributed by atoms with Crippen molar-refractivity contribution in [2.45, 2.75) is 81.4 Å². The number of ether oxygens (including phenoxy) is 1. The first kappa shape index (κ1) is 22.3. The minimum atomic E-state index is -1.97. The Morgan fingerprint density at radius 2 is 1.92 bits per heavy atom. The average molecular weight is 417 g/mol. The lowest BCUT2D eigenvalue weighted by Crippen LogP contribution is -2.47. The Morgan fingerprint density at radius 3 is 2.38 bits per heavy atom. The normalized spacial score (nSPS) is 24.3. The van der Waals surface area contributed by atoms with Crippen molar-refractivity contribution in [3.05, 3.63) is 11.6 Å². The molecular formula is C16H28Cl3NO3Si. The van der Waals surface area contributed by atoms with Gasteiger partial charge in [0.25, 0.3) is 9.70 Å². The van der Waals surface area contributed by atoms with Crippen LogP contribution in [-0.4, -0.2) is 36.5 Å². The zero-order valence-electron chi connectivity index (χ0n) is 15.4. The Labute approximate surface area is 161 Å². The van der Waals surface area contributed by atoms with E-state index in [1.165, 1.54) is 0 Å². The van der Waals surface area contributed by atoms with Gasteiger partial charge in [-0.2, -0.15) is 0 Å². The zero-order chi connectivity index (χ0) is 18.9. The van der Waals surface area contributed by atoms with E-state index in [-0.39, 0.29) is 23.5 Å². The molecule has 1 heterocycles. The van der Waals surface area contributed by atoms with Crippen LogP contribution >= 0.6 is 34.8 Å². The third kappa shape index (κ3) is 6.18. The number of halogens is 3. The van der Waals surface area contributed by atoms with Crippen molar-refractivity contribution in [1.82, 2.24) is 5.32 Å². The van der Waals surface area contributed by atoms with Crippen molar-refractivity contribution in [1.29, 1.82) is 0 Å². The smallest absolute Gasteiger partial charge is 0.272 e. The second-order valence-corrected chi connectivity index (χ2v) is 14.8. The van der Waals surface area contributed by atoms with E-state index in [0.29, 0.717) is 6.42 Å². The Morgan fingerprint density at radius 1 is 1.38 bits per heavy atom. The van der Waals surface area contributed by atoms with Crippen molar-refractivity contribution < 1.29 is 14.0 Å². The molecule has 0 aromatic heterocycles. The Kier molecular flexibility index (Phi) is 7.28. The summed E-state index contributed by atoms with van der Waals surface area (Å²) >= 11 is 16.9. The van der Waals surface area contributed by atoms with Gasteiger partial charge in [-0.1, -0.05) is 61.7 Å². The van der Waals surface area contributed by atoms with Crippen molar-refractivity contribution in [3.63, 3.8) is 0 Å². The highest BCUT2D eigenvalue weighted by atomic mass is 35.6. The van der Waals surface area contributed by atoms with Crippen molar-refractivity contribution in [2.75, 3.05) is 0 Å². The van der Waals surface area contributed by atoms with Gasteiger partial charge >= 0.3 is 0 Å². The van der Waals surface area contributed by atoms with Crippen LogP contribution in [0.3, 0.4) is 0 Å². The average Bonchev–Trinajstić information content (AvgIpc) is 2.34. The van der Waals surface area contributed by atoms with Crippen LogP contribution in [0.2, 0.25) is 18.1 Å². The summed E-state index contributed by atoms with van der Waals surface area (Å²) in [5.41, 5.74) is 1.01. The molecule has 0 fully saturated rings. The van der Waals surface area contributed by atoms with Gasteiger partial charge in [0.2, 0.25) is 0 Å². The first-order chi connectivity index (χ1) is 10.6. The molecule has 4 nitrogen and oxygen atoms in total. The first-order valence-electron chi connectivity index (χ1n) is 8.05. The molecule has 0 bridgehead atoms. The van der Waals surface area contributed by atoms with Crippen molar-refractivity contribution in [2.24, 2.45) is 0 Å². The largest absolute Gasteiger partial charge is 0.392 e. The summed E-state index contributed by atoms with van der Waals surface area (Å²) in [6, 6.07) is -0.259. The molecular weight excluding hydrogens is 389 g/mol. The maximum absolute atomic E-state index is 11.9. The Bertz CT molecular complexity index is 498. The van der Waals surface area contributed by atoms with Crippen LogP contribution in [0, 0.1) is 0 Å². The predicted octanol–water partition coefficient (Wildman–Crippen LogP) is 4.94. The number of rotatable bonds is 4. The van der Waals surface area contributed by atoms with Crippen LogP contribution in [0.15, 0.2) is 11.6 Å². The molecule has 0 aromatic rings. The number of amides is 1. The molecule has 0 aliphatic carbocycles. The quantitative estimate of drug-likeness (QED) is 0.401. The van der Waals surface area contributed by atoms with Gasteiger partial charge in [0.15, 0.2) is 14.6 Å². The van der Waals surface area contributed by atoms with Crippen molar-refractivity contribution in [3.8, 4) is 0 Å². The molecule has 0 aromatic carbocycles. The van der Waals surface area contributed by atoms with E-state index < -0.39 is 18.0 Å². The maximum Gasteiger partial charge on any atom is 0.272 e. The summed E-state index contributed by atoms with van der Waals surface area (Å²) in [4.78, 5) is 11.9. The highest BCUT2D eigenvalue weighted by Gasteiger charge is 2.41. The fourth-order valence-corrected chi connectivity index (χ4v) is 3.47. The number of hydrogen-bond donors (Lipinski definition) is 1. The van der Waals surface area contributed by atoms with E-state index in [1.807, 2.05) is 19.9 Å². The van der Waals surface area contributed by atoms with Crippen LogP contribution < -0.4 is 5.32 Å². The third-order valence-corrected chi connectivity index (χ3v) is 9.59. The van der Waals surface area contributed by atoms with E-state index in [2.05, 4.69) is 39.2 Å². The summed E-state index contributed by atoms with van der Waals surface area (Å²) < 4.78 is 10.3. The molecule has 1 aliphatic rings. The predicted molar refractivity (Wildman–Crippen MR) is 103 cm³/mol. The van der Waals surface area contributed by atoms with Crippen LogP contribution in [0.4, 0.5) is 0 Å². The number of alkyl halides is 3. The Hall–Kier alpha value is 0.217. The fourth-order valence-electron chi connectivity index (χ4n) is 2.16. The fraction of sp³-hybridized carbons (Fsp3) is 0.812. The molecule has 24 heavy (non-hydrogen) atoms.